The first kappa shape index (κ1) is 18.2. The SMILES string of the molecule is Cc1ccc(NC(=S)NNC(=O)[C@H](C)Oc2cccc(Br)c2)cc1. The summed E-state index contributed by atoms with van der Waals surface area (Å²) in [5.74, 6) is 0.274. The molecule has 0 aliphatic carbocycles. The summed E-state index contributed by atoms with van der Waals surface area (Å²) in [7, 11) is 0. The van der Waals surface area contributed by atoms with E-state index >= 15 is 0 Å². The Kier molecular flexibility index (Phi) is 6.57. The van der Waals surface area contributed by atoms with E-state index in [1.807, 2.05) is 43.3 Å². The molecule has 0 spiro atoms. The van der Waals surface area contributed by atoms with Crippen LogP contribution >= 0.6 is 28.1 Å². The van der Waals surface area contributed by atoms with E-state index < -0.39 is 6.10 Å². The number of amides is 1. The Hall–Kier alpha value is -2.12. The topological polar surface area (TPSA) is 62.4 Å². The highest BCUT2D eigenvalue weighted by molar-refractivity contribution is 9.10. The maximum Gasteiger partial charge on any atom is 0.279 e. The van der Waals surface area contributed by atoms with Crippen molar-refractivity contribution < 1.29 is 9.53 Å². The summed E-state index contributed by atoms with van der Waals surface area (Å²) in [6.07, 6.45) is -0.672. The van der Waals surface area contributed by atoms with Crippen molar-refractivity contribution in [2.75, 3.05) is 5.32 Å². The smallest absolute Gasteiger partial charge is 0.279 e. The molecule has 126 valence electrons. The lowest BCUT2D eigenvalue weighted by Gasteiger charge is -2.16. The van der Waals surface area contributed by atoms with Gasteiger partial charge in [-0.05, 0) is 56.4 Å². The molecule has 2 rings (SSSR count). The molecule has 0 saturated heterocycles. The normalized spacial score (nSPS) is 11.3. The molecular weight excluding hydrogens is 390 g/mol. The Labute approximate surface area is 154 Å². The second-order valence-electron chi connectivity index (χ2n) is 5.15. The Morgan fingerprint density at radius 1 is 1.17 bits per heavy atom. The molecule has 1 amide bonds. The predicted molar refractivity (Wildman–Crippen MR) is 103 cm³/mol. The first-order chi connectivity index (χ1) is 11.4. The van der Waals surface area contributed by atoms with Crippen molar-refractivity contribution in [1.82, 2.24) is 10.9 Å². The lowest BCUT2D eigenvalue weighted by atomic mass is 10.2. The van der Waals surface area contributed by atoms with Gasteiger partial charge < -0.3 is 10.1 Å². The first-order valence-electron chi connectivity index (χ1n) is 7.30. The number of ether oxygens (including phenoxy) is 1. The molecule has 0 bridgehead atoms. The van der Waals surface area contributed by atoms with E-state index in [-0.39, 0.29) is 5.91 Å². The van der Waals surface area contributed by atoms with Crippen LogP contribution in [-0.4, -0.2) is 17.1 Å². The van der Waals surface area contributed by atoms with Crippen LogP contribution in [0.15, 0.2) is 53.0 Å². The minimum Gasteiger partial charge on any atom is -0.481 e. The molecule has 3 N–H and O–H groups in total. The van der Waals surface area contributed by atoms with Crippen molar-refractivity contribution in [2.24, 2.45) is 0 Å². The van der Waals surface area contributed by atoms with Crippen LogP contribution in [0, 0.1) is 6.92 Å². The molecule has 0 heterocycles. The average molecular weight is 408 g/mol. The number of rotatable bonds is 4. The number of thiocarbonyl (C=S) groups is 1. The molecule has 1 atom stereocenters. The third-order valence-corrected chi connectivity index (χ3v) is 3.78. The Morgan fingerprint density at radius 3 is 2.54 bits per heavy atom. The number of nitrogens with one attached hydrogen (secondary N) is 3. The fraction of sp³-hybridized carbons (Fsp3) is 0.176. The number of benzene rings is 2. The lowest BCUT2D eigenvalue weighted by molar-refractivity contribution is -0.127. The molecule has 0 unspecified atom stereocenters. The number of anilines is 1. The molecule has 0 fully saturated rings. The van der Waals surface area contributed by atoms with E-state index in [2.05, 4.69) is 32.1 Å². The predicted octanol–water partition coefficient (Wildman–Crippen LogP) is 3.54. The lowest BCUT2D eigenvalue weighted by Crippen LogP contribution is -2.48. The van der Waals surface area contributed by atoms with E-state index in [4.69, 9.17) is 17.0 Å². The summed E-state index contributed by atoms with van der Waals surface area (Å²) >= 11 is 8.49. The molecule has 24 heavy (non-hydrogen) atoms. The van der Waals surface area contributed by atoms with Crippen LogP contribution in [0.1, 0.15) is 12.5 Å². The number of hydrogen-bond acceptors (Lipinski definition) is 3. The van der Waals surface area contributed by atoms with Gasteiger partial charge in [-0.1, -0.05) is 39.7 Å². The van der Waals surface area contributed by atoms with Crippen molar-refractivity contribution in [2.45, 2.75) is 20.0 Å². The van der Waals surface area contributed by atoms with Crippen molar-refractivity contribution in [3.63, 3.8) is 0 Å². The Bertz CT molecular complexity index is 722. The molecule has 2 aromatic rings. The molecule has 0 aliphatic heterocycles. The Balaban J connectivity index is 1.79. The molecule has 0 saturated carbocycles. The second-order valence-corrected chi connectivity index (χ2v) is 6.48. The van der Waals surface area contributed by atoms with Crippen molar-refractivity contribution >= 4 is 44.9 Å². The fourth-order valence-electron chi connectivity index (χ4n) is 1.82. The highest BCUT2D eigenvalue weighted by Gasteiger charge is 2.14. The maximum absolute atomic E-state index is 12.0. The number of hydrogen-bond donors (Lipinski definition) is 3. The molecular formula is C17H18BrN3O2S. The van der Waals surface area contributed by atoms with Crippen LogP contribution in [0.5, 0.6) is 5.75 Å². The van der Waals surface area contributed by atoms with E-state index in [1.54, 1.807) is 19.1 Å². The van der Waals surface area contributed by atoms with Crippen LogP contribution in [0.3, 0.4) is 0 Å². The fourth-order valence-corrected chi connectivity index (χ4v) is 2.36. The molecule has 0 radical (unpaired) electrons. The summed E-state index contributed by atoms with van der Waals surface area (Å²) < 4.78 is 6.46. The van der Waals surface area contributed by atoms with E-state index in [9.17, 15) is 4.79 Å². The van der Waals surface area contributed by atoms with Crippen molar-refractivity contribution in [3.05, 3.63) is 58.6 Å². The van der Waals surface area contributed by atoms with Gasteiger partial charge in [-0.25, -0.2) is 0 Å². The zero-order valence-electron chi connectivity index (χ0n) is 13.3. The minimum absolute atomic E-state index is 0.293. The van der Waals surface area contributed by atoms with Crippen molar-refractivity contribution in [3.8, 4) is 5.75 Å². The standard InChI is InChI=1S/C17H18BrN3O2S/c1-11-6-8-14(9-7-11)19-17(24)21-20-16(22)12(2)23-15-5-3-4-13(18)10-15/h3-10,12H,1-2H3,(H,20,22)(H2,19,21,24)/t12-/m0/s1. The summed E-state index contributed by atoms with van der Waals surface area (Å²) in [6, 6.07) is 15.0. The number of hydrazine groups is 1. The summed E-state index contributed by atoms with van der Waals surface area (Å²) in [5, 5.41) is 3.27. The zero-order chi connectivity index (χ0) is 17.5. The van der Waals surface area contributed by atoms with E-state index in [0.717, 1.165) is 15.7 Å². The van der Waals surface area contributed by atoms with Crippen molar-refractivity contribution in [1.29, 1.82) is 0 Å². The number of carbonyl (C=O) groups is 1. The summed E-state index contributed by atoms with van der Waals surface area (Å²) in [4.78, 5) is 12.0. The molecule has 2 aromatic carbocycles. The zero-order valence-corrected chi connectivity index (χ0v) is 15.7. The quantitative estimate of drug-likeness (QED) is 0.534. The molecule has 0 aromatic heterocycles. The van der Waals surface area contributed by atoms with Crippen LogP contribution < -0.4 is 20.9 Å². The largest absolute Gasteiger partial charge is 0.481 e. The minimum atomic E-state index is -0.672. The van der Waals surface area contributed by atoms with Crippen LogP contribution in [0.2, 0.25) is 0 Å². The second kappa shape index (κ2) is 8.65. The highest BCUT2D eigenvalue weighted by atomic mass is 79.9. The summed E-state index contributed by atoms with van der Waals surface area (Å²) in [5.41, 5.74) is 7.17. The van der Waals surface area contributed by atoms with Gasteiger partial charge >= 0.3 is 0 Å². The van der Waals surface area contributed by atoms with Gasteiger partial charge in [-0.3, -0.25) is 15.6 Å². The van der Waals surface area contributed by atoms with Gasteiger partial charge in [0, 0.05) is 10.2 Å². The maximum atomic E-state index is 12.0. The van der Waals surface area contributed by atoms with Gasteiger partial charge in [-0.15, -0.1) is 0 Å². The van der Waals surface area contributed by atoms with E-state index in [0.29, 0.717) is 10.9 Å². The highest BCUT2D eigenvalue weighted by Crippen LogP contribution is 2.18. The number of aryl methyl sites for hydroxylation is 1. The van der Waals surface area contributed by atoms with Crippen LogP contribution in [-0.2, 0) is 4.79 Å². The van der Waals surface area contributed by atoms with Gasteiger partial charge in [0.1, 0.15) is 5.75 Å². The number of halogens is 1. The van der Waals surface area contributed by atoms with Gasteiger partial charge in [0.2, 0.25) is 0 Å². The molecule has 7 heteroatoms. The van der Waals surface area contributed by atoms with Gasteiger partial charge in [-0.2, -0.15) is 0 Å². The summed E-state index contributed by atoms with van der Waals surface area (Å²) in [6.45, 7) is 3.67. The van der Waals surface area contributed by atoms with Gasteiger partial charge in [0.05, 0.1) is 0 Å². The van der Waals surface area contributed by atoms with Gasteiger partial charge in [0.25, 0.3) is 5.91 Å². The Morgan fingerprint density at radius 2 is 1.88 bits per heavy atom. The molecule has 0 aliphatic rings. The van der Waals surface area contributed by atoms with Crippen LogP contribution in [0.25, 0.3) is 0 Å². The third kappa shape index (κ3) is 5.82. The van der Waals surface area contributed by atoms with Crippen LogP contribution in [0.4, 0.5) is 5.69 Å². The van der Waals surface area contributed by atoms with E-state index in [1.165, 1.54) is 0 Å². The average Bonchev–Trinajstić information content (AvgIpc) is 2.54. The first-order valence-corrected chi connectivity index (χ1v) is 8.50. The van der Waals surface area contributed by atoms with Gasteiger partial charge in [0.15, 0.2) is 11.2 Å². The number of carbonyl (C=O) groups excluding carboxylic acids is 1. The molecule has 5 nitrogen and oxygen atoms in total. The monoisotopic (exact) mass is 407 g/mol. The third-order valence-electron chi connectivity index (χ3n) is 3.09.